The average Bonchev–Trinajstić information content (AvgIpc) is 2.16. The highest BCUT2D eigenvalue weighted by molar-refractivity contribution is 6.31. The van der Waals surface area contributed by atoms with Gasteiger partial charge in [-0.1, -0.05) is 17.7 Å². The zero-order valence-corrected chi connectivity index (χ0v) is 8.43. The van der Waals surface area contributed by atoms with E-state index >= 15 is 0 Å². The number of rotatable bonds is 3. The van der Waals surface area contributed by atoms with Crippen LogP contribution in [0.15, 0.2) is 18.2 Å². The molecule has 72 valence electrons. The first-order valence-electron chi connectivity index (χ1n) is 3.98. The minimum absolute atomic E-state index is 0.0402. The Morgan fingerprint density at radius 2 is 2.23 bits per heavy atom. The van der Waals surface area contributed by atoms with Gasteiger partial charge < -0.3 is 4.74 Å². The summed E-state index contributed by atoms with van der Waals surface area (Å²) in [5.41, 5.74) is 3.60. The molecule has 1 aromatic rings. The van der Waals surface area contributed by atoms with E-state index < -0.39 is 0 Å². The molecule has 13 heavy (non-hydrogen) atoms. The lowest BCUT2D eigenvalue weighted by atomic mass is 10.1. The van der Waals surface area contributed by atoms with Crippen LogP contribution in [-0.4, -0.2) is 7.11 Å². The number of halogens is 1. The van der Waals surface area contributed by atoms with Crippen molar-refractivity contribution in [3.63, 3.8) is 0 Å². The number of benzene rings is 1. The molecular weight excluding hydrogens is 188 g/mol. The Labute approximate surface area is 82.8 Å². The molecule has 0 aliphatic carbocycles. The first-order valence-corrected chi connectivity index (χ1v) is 4.36. The van der Waals surface area contributed by atoms with Crippen LogP contribution in [0, 0.1) is 0 Å². The standard InChI is InChI=1S/C9H13ClN2O/c1-6(12-11)8-4-3-7(13-2)5-9(8)10/h3-6,12H,11H2,1-2H3. The number of hydrazine groups is 1. The third-order valence-corrected chi connectivity index (χ3v) is 2.25. The van der Waals surface area contributed by atoms with Crippen molar-refractivity contribution < 1.29 is 4.74 Å². The summed E-state index contributed by atoms with van der Waals surface area (Å²) in [5.74, 6) is 6.05. The number of nitrogens with one attached hydrogen (secondary N) is 1. The molecule has 1 rings (SSSR count). The molecule has 3 N–H and O–H groups in total. The predicted molar refractivity (Wildman–Crippen MR) is 53.7 cm³/mol. The molecule has 0 fully saturated rings. The van der Waals surface area contributed by atoms with Crippen molar-refractivity contribution in [3.05, 3.63) is 28.8 Å². The minimum Gasteiger partial charge on any atom is -0.497 e. The topological polar surface area (TPSA) is 47.3 Å². The van der Waals surface area contributed by atoms with Crippen molar-refractivity contribution in [2.24, 2.45) is 5.84 Å². The van der Waals surface area contributed by atoms with Crippen LogP contribution in [0.5, 0.6) is 5.75 Å². The molecule has 1 aromatic carbocycles. The van der Waals surface area contributed by atoms with Crippen LogP contribution in [0.25, 0.3) is 0 Å². The van der Waals surface area contributed by atoms with Gasteiger partial charge in [-0.05, 0) is 24.6 Å². The van der Waals surface area contributed by atoms with Gasteiger partial charge in [0, 0.05) is 11.1 Å². The largest absolute Gasteiger partial charge is 0.497 e. The van der Waals surface area contributed by atoms with Gasteiger partial charge in [-0.3, -0.25) is 11.3 Å². The Hall–Kier alpha value is -0.770. The Morgan fingerprint density at radius 3 is 2.69 bits per heavy atom. The van der Waals surface area contributed by atoms with E-state index in [-0.39, 0.29) is 6.04 Å². The van der Waals surface area contributed by atoms with Gasteiger partial charge in [-0.2, -0.15) is 0 Å². The van der Waals surface area contributed by atoms with Crippen LogP contribution in [-0.2, 0) is 0 Å². The average molecular weight is 201 g/mol. The highest BCUT2D eigenvalue weighted by Crippen LogP contribution is 2.26. The van der Waals surface area contributed by atoms with Gasteiger partial charge in [0.05, 0.1) is 7.11 Å². The van der Waals surface area contributed by atoms with E-state index in [2.05, 4.69) is 5.43 Å². The molecule has 0 radical (unpaired) electrons. The van der Waals surface area contributed by atoms with Crippen molar-refractivity contribution in [2.45, 2.75) is 13.0 Å². The fraction of sp³-hybridized carbons (Fsp3) is 0.333. The summed E-state index contributed by atoms with van der Waals surface area (Å²) in [6, 6.07) is 5.56. The van der Waals surface area contributed by atoms with Gasteiger partial charge in [-0.15, -0.1) is 0 Å². The van der Waals surface area contributed by atoms with Gasteiger partial charge in [-0.25, -0.2) is 0 Å². The molecule has 3 nitrogen and oxygen atoms in total. The van der Waals surface area contributed by atoms with Gasteiger partial charge in [0.1, 0.15) is 5.75 Å². The lowest BCUT2D eigenvalue weighted by molar-refractivity contribution is 0.414. The molecule has 0 amide bonds. The highest BCUT2D eigenvalue weighted by atomic mass is 35.5. The van der Waals surface area contributed by atoms with Gasteiger partial charge >= 0.3 is 0 Å². The second-order valence-corrected chi connectivity index (χ2v) is 3.18. The third-order valence-electron chi connectivity index (χ3n) is 1.92. The van der Waals surface area contributed by atoms with E-state index in [0.29, 0.717) is 5.02 Å². The maximum absolute atomic E-state index is 6.01. The van der Waals surface area contributed by atoms with E-state index in [4.69, 9.17) is 22.2 Å². The van der Waals surface area contributed by atoms with Crippen molar-refractivity contribution >= 4 is 11.6 Å². The predicted octanol–water partition coefficient (Wildman–Crippen LogP) is 1.87. The maximum Gasteiger partial charge on any atom is 0.120 e. The molecule has 0 saturated carbocycles. The van der Waals surface area contributed by atoms with E-state index in [1.165, 1.54) is 0 Å². The lowest BCUT2D eigenvalue weighted by Gasteiger charge is -2.12. The summed E-state index contributed by atoms with van der Waals surface area (Å²) in [5, 5.41) is 0.657. The molecule has 0 aliphatic rings. The molecule has 0 aromatic heterocycles. The van der Waals surface area contributed by atoms with Gasteiger partial charge in [0.15, 0.2) is 0 Å². The third kappa shape index (κ3) is 2.34. The van der Waals surface area contributed by atoms with Crippen molar-refractivity contribution in [2.75, 3.05) is 7.11 Å². The highest BCUT2D eigenvalue weighted by Gasteiger charge is 2.08. The van der Waals surface area contributed by atoms with Gasteiger partial charge in [0.2, 0.25) is 0 Å². The van der Waals surface area contributed by atoms with E-state index in [1.807, 2.05) is 19.1 Å². The summed E-state index contributed by atoms with van der Waals surface area (Å²) < 4.78 is 5.03. The summed E-state index contributed by atoms with van der Waals surface area (Å²) in [6.45, 7) is 1.94. The number of methoxy groups -OCH3 is 1. The Morgan fingerprint density at radius 1 is 1.54 bits per heavy atom. The smallest absolute Gasteiger partial charge is 0.120 e. The lowest BCUT2D eigenvalue weighted by Crippen LogP contribution is -2.25. The fourth-order valence-corrected chi connectivity index (χ4v) is 1.41. The zero-order chi connectivity index (χ0) is 9.84. The second kappa shape index (κ2) is 4.46. The van der Waals surface area contributed by atoms with Crippen LogP contribution in [0.1, 0.15) is 18.5 Å². The Balaban J connectivity index is 2.98. The quantitative estimate of drug-likeness (QED) is 0.579. The molecule has 0 bridgehead atoms. The molecule has 0 spiro atoms. The van der Waals surface area contributed by atoms with E-state index in [9.17, 15) is 0 Å². The number of ether oxygens (including phenoxy) is 1. The second-order valence-electron chi connectivity index (χ2n) is 2.78. The number of hydrogen-bond acceptors (Lipinski definition) is 3. The number of nitrogens with two attached hydrogens (primary N) is 1. The summed E-state index contributed by atoms with van der Waals surface area (Å²) >= 11 is 6.01. The van der Waals surface area contributed by atoms with Crippen molar-refractivity contribution in [1.82, 2.24) is 5.43 Å². The van der Waals surface area contributed by atoms with Crippen LogP contribution in [0.3, 0.4) is 0 Å². The van der Waals surface area contributed by atoms with Crippen LogP contribution in [0.4, 0.5) is 0 Å². The zero-order valence-electron chi connectivity index (χ0n) is 7.67. The van der Waals surface area contributed by atoms with Crippen LogP contribution < -0.4 is 16.0 Å². The van der Waals surface area contributed by atoms with E-state index in [1.54, 1.807) is 13.2 Å². The SMILES string of the molecule is COc1ccc(C(C)NN)c(Cl)c1. The van der Waals surface area contributed by atoms with Crippen molar-refractivity contribution in [3.8, 4) is 5.75 Å². The maximum atomic E-state index is 6.01. The Kier molecular flexibility index (Phi) is 3.54. The van der Waals surface area contributed by atoms with Gasteiger partial charge in [0.25, 0.3) is 0 Å². The molecule has 0 saturated heterocycles. The molecule has 1 atom stereocenters. The molecule has 0 heterocycles. The summed E-state index contributed by atoms with van der Waals surface area (Å²) in [7, 11) is 1.61. The van der Waals surface area contributed by atoms with Crippen LogP contribution >= 0.6 is 11.6 Å². The van der Waals surface area contributed by atoms with E-state index in [0.717, 1.165) is 11.3 Å². The Bertz CT molecular complexity index is 291. The van der Waals surface area contributed by atoms with Crippen LogP contribution in [0.2, 0.25) is 5.02 Å². The molecule has 1 unspecified atom stereocenters. The first kappa shape index (κ1) is 10.3. The molecular formula is C9H13ClN2O. The first-order chi connectivity index (χ1) is 6.19. The molecule has 0 aliphatic heterocycles. The number of hydrogen-bond donors (Lipinski definition) is 2. The fourth-order valence-electron chi connectivity index (χ4n) is 1.08. The normalized spacial score (nSPS) is 12.6. The monoisotopic (exact) mass is 200 g/mol. The summed E-state index contributed by atoms with van der Waals surface area (Å²) in [6.07, 6.45) is 0. The minimum atomic E-state index is 0.0402. The molecule has 4 heteroatoms. The van der Waals surface area contributed by atoms with Crippen molar-refractivity contribution in [1.29, 1.82) is 0 Å². The summed E-state index contributed by atoms with van der Waals surface area (Å²) in [4.78, 5) is 0.